The maximum absolute atomic E-state index is 12.8. The number of carbonyl (C=O) groups excluding carboxylic acids is 2. The molecule has 2 aromatic rings. The normalized spacial score (nSPS) is 21.0. The van der Waals surface area contributed by atoms with Crippen molar-refractivity contribution >= 4 is 21.7 Å². The number of halogens is 3. The Morgan fingerprint density at radius 1 is 1.03 bits per heavy atom. The molecule has 0 aromatic heterocycles. The highest BCUT2D eigenvalue weighted by Crippen LogP contribution is 2.30. The molecule has 4 N–H and O–H groups in total. The highest BCUT2D eigenvalue weighted by Gasteiger charge is 2.34. The number of hydrogen-bond acceptors (Lipinski definition) is 5. The van der Waals surface area contributed by atoms with Crippen molar-refractivity contribution in [2.75, 3.05) is 12.3 Å². The molecular weight excluding hydrogens is 471 g/mol. The van der Waals surface area contributed by atoms with Gasteiger partial charge in [-0.1, -0.05) is 24.3 Å². The number of rotatable bonds is 7. The average Bonchev–Trinajstić information content (AvgIpc) is 2.79. The van der Waals surface area contributed by atoms with Crippen molar-refractivity contribution in [3.05, 3.63) is 65.7 Å². The lowest BCUT2D eigenvalue weighted by Crippen LogP contribution is -2.50. The van der Waals surface area contributed by atoms with E-state index < -0.39 is 51.9 Å². The van der Waals surface area contributed by atoms with Crippen molar-refractivity contribution in [2.45, 2.75) is 42.4 Å². The molecule has 0 radical (unpaired) electrons. The van der Waals surface area contributed by atoms with Gasteiger partial charge in [-0.15, -0.1) is 0 Å². The molecule has 1 aliphatic carbocycles. The van der Waals surface area contributed by atoms with E-state index in [0.717, 1.165) is 12.1 Å². The van der Waals surface area contributed by atoms with E-state index in [0.29, 0.717) is 25.3 Å². The third-order valence-electron chi connectivity index (χ3n) is 5.77. The van der Waals surface area contributed by atoms with Crippen molar-refractivity contribution in [1.29, 1.82) is 0 Å². The van der Waals surface area contributed by atoms with Crippen LogP contribution in [0.2, 0.25) is 0 Å². The third kappa shape index (κ3) is 6.80. The average molecular weight is 498 g/mol. The van der Waals surface area contributed by atoms with Crippen LogP contribution in [0.5, 0.6) is 0 Å². The molecule has 11 heteroatoms. The molecule has 1 saturated carbocycles. The Hall–Kier alpha value is -2.92. The molecular formula is C23H26F3N3O4S. The number of nitrogens with two attached hydrogens (primary N) is 1. The molecule has 2 aromatic carbocycles. The molecule has 0 spiro atoms. The fourth-order valence-electron chi connectivity index (χ4n) is 4.04. The summed E-state index contributed by atoms with van der Waals surface area (Å²) in [6, 6.07) is 11.2. The fourth-order valence-corrected chi connectivity index (χ4v) is 5.73. The van der Waals surface area contributed by atoms with Gasteiger partial charge in [0.1, 0.15) is 0 Å². The largest absolute Gasteiger partial charge is 0.416 e. The van der Waals surface area contributed by atoms with Crippen molar-refractivity contribution in [2.24, 2.45) is 11.7 Å². The number of carbonyl (C=O) groups is 2. The molecule has 0 heterocycles. The van der Waals surface area contributed by atoms with Crippen LogP contribution in [0.4, 0.5) is 13.2 Å². The lowest BCUT2D eigenvalue weighted by atomic mass is 9.83. The Morgan fingerprint density at radius 2 is 1.74 bits per heavy atom. The number of benzene rings is 2. The number of amides is 2. The summed E-state index contributed by atoms with van der Waals surface area (Å²) in [4.78, 5) is 24.9. The summed E-state index contributed by atoms with van der Waals surface area (Å²) in [5, 5.41) is 5.06. The zero-order valence-corrected chi connectivity index (χ0v) is 19.0. The van der Waals surface area contributed by atoms with Crippen LogP contribution < -0.4 is 16.4 Å². The smallest absolute Gasteiger partial charge is 0.352 e. The van der Waals surface area contributed by atoms with Gasteiger partial charge < -0.3 is 16.4 Å². The molecule has 0 unspecified atom stereocenters. The fraction of sp³-hybridized carbons (Fsp3) is 0.391. The van der Waals surface area contributed by atoms with Crippen molar-refractivity contribution in [3.8, 4) is 0 Å². The van der Waals surface area contributed by atoms with Crippen molar-refractivity contribution in [3.63, 3.8) is 0 Å². The van der Waals surface area contributed by atoms with Gasteiger partial charge in [0.2, 0.25) is 5.91 Å². The molecule has 0 bridgehead atoms. The van der Waals surface area contributed by atoms with Crippen LogP contribution in [0.25, 0.3) is 0 Å². The molecule has 184 valence electrons. The number of hydrogen-bond donors (Lipinski definition) is 3. The molecule has 7 nitrogen and oxygen atoms in total. The van der Waals surface area contributed by atoms with E-state index in [2.05, 4.69) is 10.6 Å². The predicted octanol–water partition coefficient (Wildman–Crippen LogP) is 2.52. The Bertz CT molecular complexity index is 1120. The van der Waals surface area contributed by atoms with E-state index in [1.165, 1.54) is 18.2 Å². The third-order valence-corrected chi connectivity index (χ3v) is 7.62. The Labute approximate surface area is 195 Å². The molecule has 1 aliphatic rings. The number of nitrogens with one attached hydrogen (secondary N) is 2. The topological polar surface area (TPSA) is 118 Å². The lowest BCUT2D eigenvalue weighted by molar-refractivity contribution is -0.137. The standard InChI is InChI=1S/C23H26F3N3O4S/c24-23(25,26)17-6-4-5-15(11-17)22(31)28-13-21(30)29-20-10-9-18(27)12-16(20)14-34(32,33)19-7-2-1-3-8-19/h1-8,11,16,18,20H,9-10,12-14,27H2,(H,28,31)(H,29,30)/t16-,18+,20+/m1/s1. The van der Waals surface area contributed by atoms with E-state index in [4.69, 9.17) is 5.73 Å². The second kappa shape index (κ2) is 10.6. The highest BCUT2D eigenvalue weighted by molar-refractivity contribution is 7.91. The van der Waals surface area contributed by atoms with Gasteiger partial charge >= 0.3 is 6.18 Å². The Kier molecular flexibility index (Phi) is 7.98. The van der Waals surface area contributed by atoms with Crippen LogP contribution in [0.15, 0.2) is 59.5 Å². The molecule has 1 fully saturated rings. The summed E-state index contributed by atoms with van der Waals surface area (Å²) in [6.07, 6.45) is -3.11. The van der Waals surface area contributed by atoms with Crippen LogP contribution >= 0.6 is 0 Å². The maximum atomic E-state index is 12.8. The van der Waals surface area contributed by atoms with E-state index in [1.807, 2.05) is 0 Å². The number of sulfone groups is 1. The first-order chi connectivity index (χ1) is 16.0. The van der Waals surface area contributed by atoms with Gasteiger partial charge in [-0.25, -0.2) is 8.42 Å². The van der Waals surface area contributed by atoms with E-state index >= 15 is 0 Å². The highest BCUT2D eigenvalue weighted by atomic mass is 32.2. The van der Waals surface area contributed by atoms with Crippen LogP contribution in [-0.2, 0) is 20.8 Å². The molecule has 2 amide bonds. The van der Waals surface area contributed by atoms with Crippen LogP contribution in [0.3, 0.4) is 0 Å². The zero-order valence-electron chi connectivity index (χ0n) is 18.2. The maximum Gasteiger partial charge on any atom is 0.416 e. The van der Waals surface area contributed by atoms with Crippen molar-refractivity contribution in [1.82, 2.24) is 10.6 Å². The molecule has 34 heavy (non-hydrogen) atoms. The van der Waals surface area contributed by atoms with Gasteiger partial charge in [-0.05, 0) is 55.5 Å². The summed E-state index contributed by atoms with van der Waals surface area (Å²) >= 11 is 0. The first-order valence-electron chi connectivity index (χ1n) is 10.7. The summed E-state index contributed by atoms with van der Waals surface area (Å²) in [7, 11) is -3.60. The van der Waals surface area contributed by atoms with E-state index in [-0.39, 0.29) is 22.3 Å². The summed E-state index contributed by atoms with van der Waals surface area (Å²) in [6.45, 7) is -0.463. The van der Waals surface area contributed by atoms with E-state index in [1.54, 1.807) is 18.2 Å². The minimum atomic E-state index is -4.59. The van der Waals surface area contributed by atoms with Gasteiger partial charge in [-0.2, -0.15) is 13.2 Å². The second-order valence-corrected chi connectivity index (χ2v) is 10.4. The zero-order chi connectivity index (χ0) is 24.9. The summed E-state index contributed by atoms with van der Waals surface area (Å²) < 4.78 is 64.2. The summed E-state index contributed by atoms with van der Waals surface area (Å²) in [5.41, 5.74) is 4.85. The van der Waals surface area contributed by atoms with Gasteiger partial charge in [0.05, 0.1) is 22.8 Å². The first kappa shape index (κ1) is 25.7. The number of alkyl halides is 3. The molecule has 3 atom stereocenters. The quantitative estimate of drug-likeness (QED) is 0.543. The van der Waals surface area contributed by atoms with Crippen molar-refractivity contribution < 1.29 is 31.2 Å². The SMILES string of the molecule is N[C@H]1CC[C@H](NC(=O)CNC(=O)c2cccc(C(F)(F)F)c2)[C@@H](CS(=O)(=O)c2ccccc2)C1. The van der Waals surface area contributed by atoms with Gasteiger partial charge in [0.25, 0.3) is 5.91 Å². The van der Waals surface area contributed by atoms with Crippen LogP contribution in [0, 0.1) is 5.92 Å². The van der Waals surface area contributed by atoms with E-state index in [9.17, 15) is 31.2 Å². The molecule has 0 saturated heterocycles. The van der Waals surface area contributed by atoms with Crippen LogP contribution in [0.1, 0.15) is 35.2 Å². The molecule has 3 rings (SSSR count). The van der Waals surface area contributed by atoms with Crippen LogP contribution in [-0.4, -0.2) is 44.6 Å². The first-order valence-corrected chi connectivity index (χ1v) is 12.4. The molecule has 0 aliphatic heterocycles. The minimum Gasteiger partial charge on any atom is -0.352 e. The minimum absolute atomic E-state index is 0.188. The summed E-state index contributed by atoms with van der Waals surface area (Å²) in [5.74, 6) is -2.00. The monoisotopic (exact) mass is 497 g/mol. The second-order valence-electron chi connectivity index (χ2n) is 8.36. The Balaban J connectivity index is 1.61. The van der Waals surface area contributed by atoms with Gasteiger partial charge in [0.15, 0.2) is 9.84 Å². The lowest BCUT2D eigenvalue weighted by Gasteiger charge is -2.35. The predicted molar refractivity (Wildman–Crippen MR) is 120 cm³/mol. The van der Waals surface area contributed by atoms with Gasteiger partial charge in [0, 0.05) is 17.6 Å². The van der Waals surface area contributed by atoms with Gasteiger partial charge in [-0.3, -0.25) is 9.59 Å². The Morgan fingerprint density at radius 3 is 2.41 bits per heavy atom.